The molecule has 1 N–H and O–H groups in total. The van der Waals surface area contributed by atoms with Crippen molar-refractivity contribution in [2.24, 2.45) is 0 Å². The Bertz CT molecular complexity index is 216. The van der Waals surface area contributed by atoms with E-state index in [1.165, 1.54) is 18.4 Å². The molecular weight excluding hydrogens is 218 g/mol. The summed E-state index contributed by atoms with van der Waals surface area (Å²) in [6, 6.07) is 0. The zero-order chi connectivity index (χ0) is 12.0. The lowest BCUT2D eigenvalue weighted by Crippen LogP contribution is -2.37. The molecule has 1 saturated heterocycles. The van der Waals surface area contributed by atoms with Gasteiger partial charge >= 0.3 is 0 Å². The van der Waals surface area contributed by atoms with Gasteiger partial charge in [0.2, 0.25) is 0 Å². The van der Waals surface area contributed by atoms with Crippen molar-refractivity contribution in [3.63, 3.8) is 0 Å². The third-order valence-corrected chi connectivity index (χ3v) is 3.72. The van der Waals surface area contributed by atoms with E-state index >= 15 is 0 Å². The van der Waals surface area contributed by atoms with E-state index in [1.54, 1.807) is 0 Å². The second-order valence-corrected chi connectivity index (χ2v) is 6.53. The van der Waals surface area contributed by atoms with Crippen molar-refractivity contribution in [2.45, 2.75) is 45.3 Å². The fraction of sp³-hybridized carbons (Fsp3) is 0.846. The standard InChI is InChI=1S/C13H25NOS/c1-11(8-14-13(2,3)4)9-16-10-12-6-5-7-15-12/h12,14H,1,5-10H2,2-4H3. The SMILES string of the molecule is C=C(CNC(C)(C)C)CSCC1CCCO1. The average molecular weight is 243 g/mol. The van der Waals surface area contributed by atoms with Crippen molar-refractivity contribution in [1.29, 1.82) is 0 Å². The molecule has 0 aliphatic carbocycles. The van der Waals surface area contributed by atoms with Crippen LogP contribution in [0.15, 0.2) is 12.2 Å². The molecule has 1 heterocycles. The Labute approximate surface area is 104 Å². The number of rotatable bonds is 6. The van der Waals surface area contributed by atoms with Crippen LogP contribution in [-0.2, 0) is 4.74 Å². The van der Waals surface area contributed by atoms with E-state index in [9.17, 15) is 0 Å². The summed E-state index contributed by atoms with van der Waals surface area (Å²) in [4.78, 5) is 0. The van der Waals surface area contributed by atoms with Crippen molar-refractivity contribution in [3.05, 3.63) is 12.2 Å². The molecule has 1 atom stereocenters. The van der Waals surface area contributed by atoms with Crippen LogP contribution in [0.5, 0.6) is 0 Å². The monoisotopic (exact) mass is 243 g/mol. The summed E-state index contributed by atoms with van der Waals surface area (Å²) in [5.74, 6) is 2.16. The van der Waals surface area contributed by atoms with Gasteiger partial charge in [-0.1, -0.05) is 12.2 Å². The molecule has 1 rings (SSSR count). The lowest BCUT2D eigenvalue weighted by atomic mass is 10.1. The predicted molar refractivity (Wildman–Crippen MR) is 73.2 cm³/mol. The summed E-state index contributed by atoms with van der Waals surface area (Å²) in [6.07, 6.45) is 2.96. The first-order chi connectivity index (χ1) is 7.47. The minimum absolute atomic E-state index is 0.183. The normalized spacial score (nSPS) is 21.3. The van der Waals surface area contributed by atoms with Gasteiger partial charge in [0.1, 0.15) is 0 Å². The second-order valence-electron chi connectivity index (χ2n) is 5.50. The van der Waals surface area contributed by atoms with E-state index in [0.717, 1.165) is 24.7 Å². The van der Waals surface area contributed by atoms with E-state index in [-0.39, 0.29) is 5.54 Å². The first kappa shape index (κ1) is 14.1. The van der Waals surface area contributed by atoms with Crippen LogP contribution in [0, 0.1) is 0 Å². The largest absolute Gasteiger partial charge is 0.377 e. The van der Waals surface area contributed by atoms with E-state index < -0.39 is 0 Å². The molecule has 1 aliphatic heterocycles. The summed E-state index contributed by atoms with van der Waals surface area (Å²) < 4.78 is 5.58. The van der Waals surface area contributed by atoms with Crippen LogP contribution in [0.25, 0.3) is 0 Å². The minimum atomic E-state index is 0.183. The van der Waals surface area contributed by atoms with Crippen molar-refractivity contribution >= 4 is 11.8 Å². The Morgan fingerprint density at radius 1 is 1.50 bits per heavy atom. The molecule has 1 fully saturated rings. The molecule has 1 aliphatic rings. The lowest BCUT2D eigenvalue weighted by Gasteiger charge is -2.21. The lowest BCUT2D eigenvalue weighted by molar-refractivity contribution is 0.129. The Hall–Kier alpha value is 0.01000. The summed E-state index contributed by atoms with van der Waals surface area (Å²) in [5, 5.41) is 3.46. The van der Waals surface area contributed by atoms with Gasteiger partial charge in [0.25, 0.3) is 0 Å². The molecule has 1 unspecified atom stereocenters. The van der Waals surface area contributed by atoms with Crippen LogP contribution in [0.4, 0.5) is 0 Å². The first-order valence-corrected chi connectivity index (χ1v) is 7.24. The molecule has 94 valence electrons. The molecule has 3 heteroatoms. The quantitative estimate of drug-likeness (QED) is 0.725. The van der Waals surface area contributed by atoms with Crippen LogP contribution in [0.3, 0.4) is 0 Å². The van der Waals surface area contributed by atoms with Crippen LogP contribution >= 0.6 is 11.8 Å². The van der Waals surface area contributed by atoms with Gasteiger partial charge < -0.3 is 10.1 Å². The summed E-state index contributed by atoms with van der Waals surface area (Å²) in [7, 11) is 0. The number of ether oxygens (including phenoxy) is 1. The number of nitrogens with one attached hydrogen (secondary N) is 1. The highest BCUT2D eigenvalue weighted by molar-refractivity contribution is 7.99. The molecule has 0 aromatic rings. The molecule has 0 spiro atoms. The van der Waals surface area contributed by atoms with E-state index in [4.69, 9.17) is 4.74 Å². The maximum atomic E-state index is 5.58. The van der Waals surface area contributed by atoms with Gasteiger partial charge in [0, 0.05) is 30.2 Å². The topological polar surface area (TPSA) is 21.3 Å². The maximum Gasteiger partial charge on any atom is 0.0666 e. The summed E-state index contributed by atoms with van der Waals surface area (Å²) in [6.45, 7) is 12.5. The van der Waals surface area contributed by atoms with Crippen molar-refractivity contribution in [2.75, 3.05) is 24.7 Å². The van der Waals surface area contributed by atoms with Gasteiger partial charge in [-0.25, -0.2) is 0 Å². The van der Waals surface area contributed by atoms with Crippen LogP contribution in [-0.4, -0.2) is 36.3 Å². The zero-order valence-corrected chi connectivity index (χ0v) is 11.7. The molecule has 0 aromatic carbocycles. The smallest absolute Gasteiger partial charge is 0.0666 e. The Balaban J connectivity index is 2.01. The van der Waals surface area contributed by atoms with Gasteiger partial charge in [-0.3, -0.25) is 0 Å². The van der Waals surface area contributed by atoms with Crippen molar-refractivity contribution in [3.8, 4) is 0 Å². The van der Waals surface area contributed by atoms with E-state index in [2.05, 4.69) is 32.7 Å². The highest BCUT2D eigenvalue weighted by Crippen LogP contribution is 2.18. The summed E-state index contributed by atoms with van der Waals surface area (Å²) in [5.41, 5.74) is 1.46. The van der Waals surface area contributed by atoms with Crippen LogP contribution < -0.4 is 5.32 Å². The molecule has 0 bridgehead atoms. The molecule has 16 heavy (non-hydrogen) atoms. The predicted octanol–water partition coefficient (Wildman–Crippen LogP) is 2.84. The number of hydrogen-bond acceptors (Lipinski definition) is 3. The minimum Gasteiger partial charge on any atom is -0.377 e. The third-order valence-electron chi connectivity index (χ3n) is 2.50. The maximum absolute atomic E-state index is 5.58. The molecule has 0 amide bonds. The fourth-order valence-electron chi connectivity index (χ4n) is 1.55. The highest BCUT2D eigenvalue weighted by atomic mass is 32.2. The first-order valence-electron chi connectivity index (χ1n) is 6.08. The molecule has 0 saturated carbocycles. The van der Waals surface area contributed by atoms with Gasteiger partial charge in [0.05, 0.1) is 6.10 Å². The molecular formula is C13H25NOS. The molecule has 2 nitrogen and oxygen atoms in total. The average Bonchev–Trinajstić information content (AvgIpc) is 2.66. The third kappa shape index (κ3) is 6.56. The van der Waals surface area contributed by atoms with E-state index in [0.29, 0.717) is 6.10 Å². The molecule has 0 radical (unpaired) electrons. The zero-order valence-electron chi connectivity index (χ0n) is 10.8. The second kappa shape index (κ2) is 6.67. The van der Waals surface area contributed by atoms with Gasteiger partial charge in [-0.2, -0.15) is 11.8 Å². The highest BCUT2D eigenvalue weighted by Gasteiger charge is 2.15. The van der Waals surface area contributed by atoms with Crippen molar-refractivity contribution < 1.29 is 4.74 Å². The number of hydrogen-bond donors (Lipinski definition) is 1. The Morgan fingerprint density at radius 2 is 2.25 bits per heavy atom. The van der Waals surface area contributed by atoms with Crippen LogP contribution in [0.2, 0.25) is 0 Å². The Morgan fingerprint density at radius 3 is 2.81 bits per heavy atom. The summed E-state index contributed by atoms with van der Waals surface area (Å²) >= 11 is 1.94. The molecule has 0 aromatic heterocycles. The fourth-order valence-corrected chi connectivity index (χ4v) is 2.59. The Kier molecular flexibility index (Phi) is 5.87. The number of thioether (sulfide) groups is 1. The van der Waals surface area contributed by atoms with E-state index in [1.807, 2.05) is 11.8 Å². The van der Waals surface area contributed by atoms with Gasteiger partial charge in [-0.05, 0) is 33.6 Å². The van der Waals surface area contributed by atoms with Crippen molar-refractivity contribution in [1.82, 2.24) is 5.32 Å². The van der Waals surface area contributed by atoms with Crippen LogP contribution in [0.1, 0.15) is 33.6 Å². The van der Waals surface area contributed by atoms with Gasteiger partial charge in [0.15, 0.2) is 0 Å². The van der Waals surface area contributed by atoms with Gasteiger partial charge in [-0.15, -0.1) is 0 Å².